The van der Waals surface area contributed by atoms with E-state index >= 15 is 0 Å². The first-order valence-corrected chi connectivity index (χ1v) is 11.7. The molecule has 0 atom stereocenters. The van der Waals surface area contributed by atoms with E-state index in [0.29, 0.717) is 43.3 Å². The lowest BCUT2D eigenvalue weighted by Gasteiger charge is -2.37. The number of rotatable bonds is 5. The number of amides is 2. The highest BCUT2D eigenvalue weighted by molar-refractivity contribution is 7.90. The van der Waals surface area contributed by atoms with Crippen molar-refractivity contribution in [3.8, 4) is 5.75 Å². The van der Waals surface area contributed by atoms with Gasteiger partial charge >= 0.3 is 0 Å². The van der Waals surface area contributed by atoms with E-state index in [1.807, 2.05) is 4.90 Å². The number of hydrogen-bond donors (Lipinski definition) is 0. The van der Waals surface area contributed by atoms with Gasteiger partial charge in [-0.25, -0.2) is 13.3 Å². The Balaban J connectivity index is 1.42. The SMILES string of the molecule is COc1ccc(N2C(=O)C=C(N3CCN(c4ccc(S(C)(=O)=O)cc4)CC3)C2=O)cc1. The molecular weight excluding hydrogens is 418 g/mol. The predicted molar refractivity (Wildman–Crippen MR) is 117 cm³/mol. The van der Waals surface area contributed by atoms with Crippen molar-refractivity contribution >= 4 is 33.0 Å². The van der Waals surface area contributed by atoms with Gasteiger partial charge in [0.05, 0.1) is 17.7 Å². The van der Waals surface area contributed by atoms with Crippen molar-refractivity contribution in [3.63, 3.8) is 0 Å². The summed E-state index contributed by atoms with van der Waals surface area (Å²) in [4.78, 5) is 31.0. The van der Waals surface area contributed by atoms with Crippen LogP contribution in [0.2, 0.25) is 0 Å². The van der Waals surface area contributed by atoms with Crippen LogP contribution in [-0.2, 0) is 19.4 Å². The fourth-order valence-electron chi connectivity index (χ4n) is 3.77. The maximum Gasteiger partial charge on any atom is 0.281 e. The molecule has 2 aromatic carbocycles. The van der Waals surface area contributed by atoms with Crippen molar-refractivity contribution < 1.29 is 22.7 Å². The van der Waals surface area contributed by atoms with Gasteiger partial charge in [0.2, 0.25) is 0 Å². The predicted octanol–water partition coefficient (Wildman–Crippen LogP) is 1.68. The van der Waals surface area contributed by atoms with Crippen molar-refractivity contribution in [1.82, 2.24) is 4.90 Å². The van der Waals surface area contributed by atoms with E-state index in [1.54, 1.807) is 55.6 Å². The summed E-state index contributed by atoms with van der Waals surface area (Å²) in [6.07, 6.45) is 2.58. The lowest BCUT2D eigenvalue weighted by Crippen LogP contribution is -2.47. The summed E-state index contributed by atoms with van der Waals surface area (Å²) in [6.45, 7) is 2.46. The largest absolute Gasteiger partial charge is 0.497 e. The average Bonchev–Trinajstić information content (AvgIpc) is 3.07. The Hall–Kier alpha value is -3.33. The third kappa shape index (κ3) is 4.13. The van der Waals surface area contributed by atoms with Crippen LogP contribution in [0.15, 0.2) is 65.2 Å². The molecule has 8 nitrogen and oxygen atoms in total. The molecule has 0 N–H and O–H groups in total. The summed E-state index contributed by atoms with van der Waals surface area (Å²) >= 11 is 0. The van der Waals surface area contributed by atoms with Crippen molar-refractivity contribution in [1.29, 1.82) is 0 Å². The monoisotopic (exact) mass is 441 g/mol. The molecule has 2 heterocycles. The minimum atomic E-state index is -3.23. The highest BCUT2D eigenvalue weighted by atomic mass is 32.2. The van der Waals surface area contributed by atoms with Crippen molar-refractivity contribution in [2.75, 3.05) is 49.3 Å². The highest BCUT2D eigenvalue weighted by Crippen LogP contribution is 2.27. The first kappa shape index (κ1) is 20.9. The minimum absolute atomic E-state index is 0.286. The number of hydrogen-bond acceptors (Lipinski definition) is 7. The standard InChI is InChI=1S/C22H23N3O5S/c1-30-18-7-3-17(4-8-18)25-21(26)15-20(22(25)27)24-13-11-23(12-14-24)16-5-9-19(10-6-16)31(2,28)29/h3-10,15H,11-14H2,1-2H3. The van der Waals surface area contributed by atoms with Gasteiger partial charge in [0.1, 0.15) is 11.4 Å². The Bertz CT molecular complexity index is 1130. The second-order valence-corrected chi connectivity index (χ2v) is 9.46. The molecule has 2 aromatic rings. The van der Waals surface area contributed by atoms with Crippen LogP contribution in [0.4, 0.5) is 11.4 Å². The second-order valence-electron chi connectivity index (χ2n) is 7.45. The topological polar surface area (TPSA) is 87.2 Å². The van der Waals surface area contributed by atoms with Gasteiger partial charge in [0, 0.05) is 44.2 Å². The number of benzene rings is 2. The van der Waals surface area contributed by atoms with Crippen molar-refractivity contribution in [2.45, 2.75) is 4.90 Å². The van der Waals surface area contributed by atoms with Crippen LogP contribution < -0.4 is 14.5 Å². The number of carbonyl (C=O) groups is 2. The lowest BCUT2D eigenvalue weighted by molar-refractivity contribution is -0.121. The minimum Gasteiger partial charge on any atom is -0.497 e. The lowest BCUT2D eigenvalue weighted by atomic mass is 10.2. The molecule has 0 unspecified atom stereocenters. The molecular formula is C22H23N3O5S. The zero-order valence-electron chi connectivity index (χ0n) is 17.3. The van der Waals surface area contributed by atoms with E-state index in [9.17, 15) is 18.0 Å². The molecule has 9 heteroatoms. The number of nitrogens with zero attached hydrogens (tertiary/aromatic N) is 3. The van der Waals surface area contributed by atoms with Crippen LogP contribution in [0, 0.1) is 0 Å². The normalized spacial score (nSPS) is 17.2. The fourth-order valence-corrected chi connectivity index (χ4v) is 4.40. The van der Waals surface area contributed by atoms with Gasteiger partial charge in [-0.3, -0.25) is 9.59 Å². The summed E-state index contributed by atoms with van der Waals surface area (Å²) in [5.41, 5.74) is 1.83. The first-order chi connectivity index (χ1) is 14.8. The molecule has 1 saturated heterocycles. The fraction of sp³-hybridized carbons (Fsp3) is 0.273. The Morgan fingerprint density at radius 3 is 1.90 bits per heavy atom. The van der Waals surface area contributed by atoms with Gasteiger partial charge in [-0.15, -0.1) is 0 Å². The molecule has 0 bridgehead atoms. The van der Waals surface area contributed by atoms with Crippen LogP contribution in [0.25, 0.3) is 0 Å². The molecule has 2 aliphatic rings. The molecule has 0 spiro atoms. The van der Waals surface area contributed by atoms with Crippen LogP contribution in [0.3, 0.4) is 0 Å². The molecule has 162 valence electrons. The number of piperazine rings is 1. The van der Waals surface area contributed by atoms with E-state index in [0.717, 1.165) is 5.69 Å². The molecule has 4 rings (SSSR count). The second kappa shape index (κ2) is 8.07. The number of anilines is 2. The Kier molecular flexibility index (Phi) is 5.45. The Morgan fingerprint density at radius 2 is 1.35 bits per heavy atom. The third-order valence-corrected chi connectivity index (χ3v) is 6.61. The van der Waals surface area contributed by atoms with Gasteiger partial charge in [0.25, 0.3) is 11.8 Å². The maximum atomic E-state index is 12.9. The molecule has 0 aromatic heterocycles. The van der Waals surface area contributed by atoms with Crippen molar-refractivity contribution in [2.24, 2.45) is 0 Å². The smallest absolute Gasteiger partial charge is 0.281 e. The van der Waals surface area contributed by atoms with Gasteiger partial charge in [0.15, 0.2) is 9.84 Å². The van der Waals surface area contributed by atoms with Crippen LogP contribution >= 0.6 is 0 Å². The van der Waals surface area contributed by atoms with E-state index in [4.69, 9.17) is 4.74 Å². The van der Waals surface area contributed by atoms with E-state index < -0.39 is 9.84 Å². The van der Waals surface area contributed by atoms with E-state index in [-0.39, 0.29) is 16.7 Å². The molecule has 0 radical (unpaired) electrons. The van der Waals surface area contributed by atoms with Crippen molar-refractivity contribution in [3.05, 3.63) is 60.3 Å². The number of ether oxygens (including phenoxy) is 1. The molecule has 2 amide bonds. The van der Waals surface area contributed by atoms with Gasteiger partial charge in [-0.2, -0.15) is 0 Å². The molecule has 0 aliphatic carbocycles. The summed E-state index contributed by atoms with van der Waals surface area (Å²) in [5.74, 6) is -0.0400. The zero-order chi connectivity index (χ0) is 22.2. The zero-order valence-corrected chi connectivity index (χ0v) is 18.1. The highest BCUT2D eigenvalue weighted by Gasteiger charge is 2.36. The van der Waals surface area contributed by atoms with Gasteiger partial charge in [-0.05, 0) is 48.5 Å². The molecule has 2 aliphatic heterocycles. The maximum absolute atomic E-state index is 12.9. The van der Waals surface area contributed by atoms with E-state index in [2.05, 4.69) is 4.90 Å². The van der Waals surface area contributed by atoms with Crippen LogP contribution in [0.5, 0.6) is 5.75 Å². The summed E-state index contributed by atoms with van der Waals surface area (Å²) in [7, 11) is -1.67. The summed E-state index contributed by atoms with van der Waals surface area (Å²) in [5, 5.41) is 0. The number of imide groups is 1. The van der Waals surface area contributed by atoms with Gasteiger partial charge in [-0.1, -0.05) is 0 Å². The Morgan fingerprint density at radius 1 is 0.806 bits per heavy atom. The number of methoxy groups -OCH3 is 1. The summed E-state index contributed by atoms with van der Waals surface area (Å²) < 4.78 is 28.4. The number of sulfone groups is 1. The average molecular weight is 442 g/mol. The van der Waals surface area contributed by atoms with E-state index in [1.165, 1.54) is 17.2 Å². The van der Waals surface area contributed by atoms with Crippen LogP contribution in [-0.4, -0.2) is 64.7 Å². The van der Waals surface area contributed by atoms with Gasteiger partial charge < -0.3 is 14.5 Å². The first-order valence-electron chi connectivity index (χ1n) is 9.82. The third-order valence-electron chi connectivity index (χ3n) is 5.48. The Labute approximate surface area is 181 Å². The molecule has 0 saturated carbocycles. The quantitative estimate of drug-likeness (QED) is 0.653. The van der Waals surface area contributed by atoms with Crippen LogP contribution in [0.1, 0.15) is 0 Å². The number of carbonyl (C=O) groups excluding carboxylic acids is 2. The summed E-state index contributed by atoms with van der Waals surface area (Å²) in [6, 6.07) is 13.6. The molecule has 1 fully saturated rings. The molecule has 31 heavy (non-hydrogen) atoms.